The first kappa shape index (κ1) is 16.0. The second kappa shape index (κ2) is 6.72. The summed E-state index contributed by atoms with van der Waals surface area (Å²) >= 11 is 5.85. The summed E-state index contributed by atoms with van der Waals surface area (Å²) in [5.41, 5.74) is 0.610. The molecule has 1 amide bonds. The fourth-order valence-electron chi connectivity index (χ4n) is 2.76. The number of rotatable bonds is 5. The molecular formula is C15H19ClN4O3. The van der Waals surface area contributed by atoms with E-state index in [1.165, 1.54) is 6.07 Å². The molecule has 2 aliphatic rings. The van der Waals surface area contributed by atoms with E-state index in [0.717, 1.165) is 12.8 Å². The van der Waals surface area contributed by atoms with Gasteiger partial charge < -0.3 is 10.2 Å². The molecule has 0 bridgehead atoms. The molecule has 1 aromatic carbocycles. The molecule has 0 radical (unpaired) electrons. The van der Waals surface area contributed by atoms with Crippen LogP contribution in [0.15, 0.2) is 18.2 Å². The topological polar surface area (TPSA) is 78.7 Å². The van der Waals surface area contributed by atoms with Crippen LogP contribution in [0.2, 0.25) is 5.02 Å². The molecule has 1 saturated carbocycles. The Bertz CT molecular complexity index is 613. The first-order valence-corrected chi connectivity index (χ1v) is 8.11. The van der Waals surface area contributed by atoms with Gasteiger partial charge in [-0.3, -0.25) is 19.8 Å². The fraction of sp³-hybridized carbons (Fsp3) is 0.533. The van der Waals surface area contributed by atoms with Crippen molar-refractivity contribution in [1.29, 1.82) is 0 Å². The molecule has 1 saturated heterocycles. The molecule has 0 spiro atoms. The Morgan fingerprint density at radius 2 is 2.00 bits per heavy atom. The standard InChI is InChI=1S/C15H19ClN4O3/c16-11-1-4-13(14(9-11)20(22)23)19-7-5-18(6-8-19)10-15(21)17-12-2-3-12/h1,4,9,12H,2-3,5-8,10H2,(H,17,21). The predicted octanol–water partition coefficient (Wildman–Crippen LogP) is 1.65. The lowest BCUT2D eigenvalue weighted by molar-refractivity contribution is -0.384. The summed E-state index contributed by atoms with van der Waals surface area (Å²) in [6, 6.07) is 5.11. The van der Waals surface area contributed by atoms with E-state index < -0.39 is 4.92 Å². The molecular weight excluding hydrogens is 320 g/mol. The molecule has 0 atom stereocenters. The van der Waals surface area contributed by atoms with Crippen molar-refractivity contribution in [3.8, 4) is 0 Å². The minimum Gasteiger partial charge on any atom is -0.363 e. The summed E-state index contributed by atoms with van der Waals surface area (Å²) in [5, 5.41) is 14.5. The zero-order valence-electron chi connectivity index (χ0n) is 12.7. The molecule has 0 aromatic heterocycles. The Morgan fingerprint density at radius 1 is 1.30 bits per heavy atom. The van der Waals surface area contributed by atoms with Crippen LogP contribution in [-0.4, -0.2) is 54.5 Å². The van der Waals surface area contributed by atoms with Crippen LogP contribution in [0, 0.1) is 10.1 Å². The summed E-state index contributed by atoms with van der Waals surface area (Å²) < 4.78 is 0. The number of nitro benzene ring substituents is 1. The third-order valence-corrected chi connectivity index (χ3v) is 4.39. The lowest BCUT2D eigenvalue weighted by atomic mass is 10.2. The van der Waals surface area contributed by atoms with Crippen LogP contribution >= 0.6 is 11.6 Å². The van der Waals surface area contributed by atoms with Gasteiger partial charge in [-0.15, -0.1) is 0 Å². The van der Waals surface area contributed by atoms with Gasteiger partial charge in [-0.25, -0.2) is 0 Å². The van der Waals surface area contributed by atoms with Gasteiger partial charge in [0.1, 0.15) is 5.69 Å². The van der Waals surface area contributed by atoms with Gasteiger partial charge in [0.05, 0.1) is 11.5 Å². The second-order valence-electron chi connectivity index (χ2n) is 6.00. The summed E-state index contributed by atoms with van der Waals surface area (Å²) in [7, 11) is 0. The van der Waals surface area contributed by atoms with Gasteiger partial charge in [0.2, 0.25) is 5.91 Å². The molecule has 8 heteroatoms. The van der Waals surface area contributed by atoms with Crippen LogP contribution in [0.1, 0.15) is 12.8 Å². The van der Waals surface area contributed by atoms with Gasteiger partial charge in [0.15, 0.2) is 0 Å². The average Bonchev–Trinajstić information content (AvgIpc) is 3.32. The van der Waals surface area contributed by atoms with E-state index in [1.54, 1.807) is 12.1 Å². The first-order valence-electron chi connectivity index (χ1n) is 7.73. The van der Waals surface area contributed by atoms with Crippen molar-refractivity contribution >= 4 is 28.9 Å². The predicted molar refractivity (Wildman–Crippen MR) is 87.9 cm³/mol. The monoisotopic (exact) mass is 338 g/mol. The molecule has 7 nitrogen and oxygen atoms in total. The van der Waals surface area contributed by atoms with Gasteiger partial charge in [-0.05, 0) is 25.0 Å². The average molecular weight is 339 g/mol. The summed E-state index contributed by atoms with van der Waals surface area (Å²) in [5.74, 6) is 0.0680. The normalized spacial score (nSPS) is 18.7. The number of halogens is 1. The molecule has 1 heterocycles. The van der Waals surface area contributed by atoms with Crippen LogP contribution < -0.4 is 10.2 Å². The number of hydrogen-bond donors (Lipinski definition) is 1. The highest BCUT2D eigenvalue weighted by Crippen LogP contribution is 2.31. The van der Waals surface area contributed by atoms with Gasteiger partial charge in [-0.2, -0.15) is 0 Å². The van der Waals surface area contributed by atoms with Crippen LogP contribution in [0.4, 0.5) is 11.4 Å². The fourth-order valence-corrected chi connectivity index (χ4v) is 2.93. The smallest absolute Gasteiger partial charge is 0.294 e. The van der Waals surface area contributed by atoms with E-state index in [0.29, 0.717) is 49.5 Å². The van der Waals surface area contributed by atoms with E-state index in [4.69, 9.17) is 11.6 Å². The Kier molecular flexibility index (Phi) is 4.68. The number of piperazine rings is 1. The van der Waals surface area contributed by atoms with Crippen LogP contribution in [0.3, 0.4) is 0 Å². The molecule has 23 heavy (non-hydrogen) atoms. The highest BCUT2D eigenvalue weighted by Gasteiger charge is 2.27. The zero-order chi connectivity index (χ0) is 16.4. The molecule has 1 aliphatic carbocycles. The highest BCUT2D eigenvalue weighted by atomic mass is 35.5. The molecule has 1 aromatic rings. The van der Waals surface area contributed by atoms with Crippen LogP contribution in [0.25, 0.3) is 0 Å². The van der Waals surface area contributed by atoms with Crippen molar-refractivity contribution in [1.82, 2.24) is 10.2 Å². The lowest BCUT2D eigenvalue weighted by Gasteiger charge is -2.35. The number of anilines is 1. The number of hydrogen-bond acceptors (Lipinski definition) is 5. The Labute approximate surface area is 139 Å². The van der Waals surface area contributed by atoms with Gasteiger partial charge >= 0.3 is 0 Å². The quantitative estimate of drug-likeness (QED) is 0.652. The minimum atomic E-state index is -0.406. The molecule has 0 unspecified atom stereocenters. The van der Waals surface area contributed by atoms with E-state index in [2.05, 4.69) is 10.2 Å². The third kappa shape index (κ3) is 4.11. The van der Waals surface area contributed by atoms with E-state index in [1.807, 2.05) is 4.90 Å². The molecule has 3 rings (SSSR count). The van der Waals surface area contributed by atoms with Crippen LogP contribution in [-0.2, 0) is 4.79 Å². The Balaban J connectivity index is 1.58. The van der Waals surface area contributed by atoms with Crippen molar-refractivity contribution in [2.75, 3.05) is 37.6 Å². The van der Waals surface area contributed by atoms with E-state index in [-0.39, 0.29) is 11.6 Å². The Morgan fingerprint density at radius 3 is 2.61 bits per heavy atom. The number of nitro groups is 1. The van der Waals surface area contributed by atoms with Crippen molar-refractivity contribution < 1.29 is 9.72 Å². The maximum absolute atomic E-state index is 11.8. The van der Waals surface area contributed by atoms with Crippen molar-refractivity contribution in [3.63, 3.8) is 0 Å². The van der Waals surface area contributed by atoms with Crippen molar-refractivity contribution in [2.24, 2.45) is 0 Å². The highest BCUT2D eigenvalue weighted by molar-refractivity contribution is 6.30. The van der Waals surface area contributed by atoms with Gasteiger partial charge in [-0.1, -0.05) is 11.6 Å². The number of carbonyl (C=O) groups excluding carboxylic acids is 1. The lowest BCUT2D eigenvalue weighted by Crippen LogP contribution is -2.49. The number of nitrogens with zero attached hydrogens (tertiary/aromatic N) is 3. The zero-order valence-corrected chi connectivity index (χ0v) is 13.5. The molecule has 1 aliphatic heterocycles. The van der Waals surface area contributed by atoms with Gasteiger partial charge in [0.25, 0.3) is 5.69 Å². The summed E-state index contributed by atoms with van der Waals surface area (Å²) in [6.07, 6.45) is 2.17. The third-order valence-electron chi connectivity index (χ3n) is 4.16. The second-order valence-corrected chi connectivity index (χ2v) is 6.43. The number of carbonyl (C=O) groups is 1. The van der Waals surface area contributed by atoms with E-state index >= 15 is 0 Å². The molecule has 1 N–H and O–H groups in total. The largest absolute Gasteiger partial charge is 0.363 e. The number of benzene rings is 1. The Hall–Kier alpha value is -1.86. The molecule has 124 valence electrons. The maximum atomic E-state index is 11.8. The van der Waals surface area contributed by atoms with Crippen molar-refractivity contribution in [3.05, 3.63) is 33.3 Å². The number of nitrogens with one attached hydrogen (secondary N) is 1. The summed E-state index contributed by atoms with van der Waals surface area (Å²) in [6.45, 7) is 3.11. The maximum Gasteiger partial charge on any atom is 0.294 e. The first-order chi connectivity index (χ1) is 11.0. The minimum absolute atomic E-state index is 0.0254. The number of amides is 1. The van der Waals surface area contributed by atoms with Gasteiger partial charge in [0, 0.05) is 43.3 Å². The molecule has 2 fully saturated rings. The van der Waals surface area contributed by atoms with Crippen molar-refractivity contribution in [2.45, 2.75) is 18.9 Å². The summed E-state index contributed by atoms with van der Waals surface area (Å²) in [4.78, 5) is 26.7. The van der Waals surface area contributed by atoms with E-state index in [9.17, 15) is 14.9 Å². The SMILES string of the molecule is O=C(CN1CCN(c2ccc(Cl)cc2[N+](=O)[O-])CC1)NC1CC1. The van der Waals surface area contributed by atoms with Crippen LogP contribution in [0.5, 0.6) is 0 Å².